The first kappa shape index (κ1) is 29.1. The van der Waals surface area contributed by atoms with E-state index in [4.69, 9.17) is 18.9 Å². The van der Waals surface area contributed by atoms with Crippen molar-refractivity contribution in [3.05, 3.63) is 23.3 Å². The normalized spacial score (nSPS) is 25.6. The lowest BCUT2D eigenvalue weighted by molar-refractivity contribution is -0.279. The number of fused-ring (bicyclic) bond motifs is 3. The van der Waals surface area contributed by atoms with Crippen molar-refractivity contribution in [2.75, 3.05) is 13.2 Å². The van der Waals surface area contributed by atoms with E-state index < -0.39 is 16.8 Å². The monoisotopic (exact) mass is 528 g/mol. The molecule has 6 heteroatoms. The number of benzene rings is 1. The molecule has 2 fully saturated rings. The Bertz CT molecular complexity index is 1040. The van der Waals surface area contributed by atoms with E-state index in [1.54, 1.807) is 0 Å². The molecule has 0 bridgehead atoms. The zero-order valence-electron chi connectivity index (χ0n) is 24.8. The third-order valence-corrected chi connectivity index (χ3v) is 9.02. The van der Waals surface area contributed by atoms with Crippen molar-refractivity contribution in [2.45, 2.75) is 129 Å². The zero-order valence-corrected chi connectivity index (χ0v) is 24.8. The minimum Gasteiger partial charge on any atom is -0.487 e. The highest BCUT2D eigenvalue weighted by Gasteiger charge is 2.49. The predicted molar refractivity (Wildman–Crippen MR) is 148 cm³/mol. The van der Waals surface area contributed by atoms with E-state index in [0.29, 0.717) is 18.6 Å². The van der Waals surface area contributed by atoms with E-state index in [-0.39, 0.29) is 42.2 Å². The average Bonchev–Trinajstić information content (AvgIpc) is 2.83. The number of hydrogen-bond donors (Lipinski definition) is 0. The van der Waals surface area contributed by atoms with Gasteiger partial charge in [-0.2, -0.15) is 0 Å². The van der Waals surface area contributed by atoms with Gasteiger partial charge in [0.25, 0.3) is 0 Å². The van der Waals surface area contributed by atoms with Gasteiger partial charge >= 0.3 is 5.97 Å². The van der Waals surface area contributed by atoms with Crippen LogP contribution in [0.5, 0.6) is 11.5 Å². The molecule has 38 heavy (non-hydrogen) atoms. The molecule has 6 nitrogen and oxygen atoms in total. The Labute approximate surface area is 229 Å². The summed E-state index contributed by atoms with van der Waals surface area (Å²) in [4.78, 5) is 26.3. The van der Waals surface area contributed by atoms with Crippen molar-refractivity contribution in [1.29, 1.82) is 0 Å². The Hall–Kier alpha value is -1.92. The summed E-state index contributed by atoms with van der Waals surface area (Å²) in [7, 11) is 0. The van der Waals surface area contributed by atoms with Crippen molar-refractivity contribution in [3.63, 3.8) is 0 Å². The first-order valence-corrected chi connectivity index (χ1v) is 14.6. The predicted octanol–water partition coefficient (Wildman–Crippen LogP) is 7.25. The van der Waals surface area contributed by atoms with Crippen LogP contribution in [0.15, 0.2) is 12.1 Å². The summed E-state index contributed by atoms with van der Waals surface area (Å²) >= 11 is 0. The van der Waals surface area contributed by atoms with Crippen LogP contribution in [-0.2, 0) is 24.5 Å². The van der Waals surface area contributed by atoms with Crippen LogP contribution < -0.4 is 9.47 Å². The number of hydrogen-bond acceptors (Lipinski definition) is 6. The van der Waals surface area contributed by atoms with Crippen LogP contribution in [0.25, 0.3) is 0 Å². The number of ether oxygens (including phenoxy) is 4. The molecule has 1 saturated heterocycles. The topological polar surface area (TPSA) is 71.1 Å². The molecule has 0 aromatic heterocycles. The Balaban J connectivity index is 1.73. The van der Waals surface area contributed by atoms with Gasteiger partial charge in [-0.25, -0.2) is 0 Å². The van der Waals surface area contributed by atoms with Gasteiger partial charge in [0.15, 0.2) is 5.79 Å². The van der Waals surface area contributed by atoms with Crippen LogP contribution in [0.2, 0.25) is 0 Å². The maximum absolute atomic E-state index is 13.7. The summed E-state index contributed by atoms with van der Waals surface area (Å²) in [6.07, 6.45) is 7.61. The quantitative estimate of drug-likeness (QED) is 0.201. The first-order chi connectivity index (χ1) is 17.7. The molecule has 4 rings (SSSR count). The molecule has 3 aliphatic rings. The van der Waals surface area contributed by atoms with Crippen molar-refractivity contribution in [2.24, 2.45) is 11.3 Å². The second-order valence-corrected chi connectivity index (χ2v) is 13.7. The lowest BCUT2D eigenvalue weighted by Crippen LogP contribution is -2.50. The molecule has 0 radical (unpaired) electrons. The van der Waals surface area contributed by atoms with E-state index in [0.717, 1.165) is 36.1 Å². The van der Waals surface area contributed by atoms with Crippen LogP contribution in [-0.4, -0.2) is 36.4 Å². The van der Waals surface area contributed by atoms with Crippen molar-refractivity contribution in [3.8, 4) is 11.5 Å². The standard InChI is InChI=1S/C32H48O6/c1-9-10-11-12-15-29(2,3)21-16-25(37-28(34)32(8)19-35-31(6,7)36-20-32)27-23-18-22(33)13-14-24(23)30(4,5)38-26(27)17-21/h16-17,23-24H,9-15,18-20H2,1-8H3. The third kappa shape index (κ3) is 5.96. The number of esters is 1. The van der Waals surface area contributed by atoms with Crippen molar-refractivity contribution >= 4 is 11.8 Å². The highest BCUT2D eigenvalue weighted by atomic mass is 16.7. The van der Waals surface area contributed by atoms with E-state index in [2.05, 4.69) is 40.7 Å². The number of ketones is 1. The highest BCUT2D eigenvalue weighted by molar-refractivity contribution is 5.82. The summed E-state index contributed by atoms with van der Waals surface area (Å²) in [5.41, 5.74) is 0.496. The number of carbonyl (C=O) groups is 2. The average molecular weight is 529 g/mol. The molecule has 1 aromatic rings. The summed E-state index contributed by atoms with van der Waals surface area (Å²) < 4.78 is 24.6. The third-order valence-electron chi connectivity index (χ3n) is 9.02. The van der Waals surface area contributed by atoms with Crippen LogP contribution in [0.4, 0.5) is 0 Å². The highest BCUT2D eigenvalue weighted by Crippen LogP contribution is 2.55. The molecule has 0 spiro atoms. The first-order valence-electron chi connectivity index (χ1n) is 14.6. The zero-order chi connectivity index (χ0) is 27.9. The molecule has 1 aromatic carbocycles. The van der Waals surface area contributed by atoms with E-state index in [9.17, 15) is 9.59 Å². The minimum atomic E-state index is -0.926. The van der Waals surface area contributed by atoms with Gasteiger partial charge in [-0.15, -0.1) is 0 Å². The maximum atomic E-state index is 13.7. The summed E-state index contributed by atoms with van der Waals surface area (Å²) in [6, 6.07) is 4.17. The molecule has 2 atom stereocenters. The summed E-state index contributed by atoms with van der Waals surface area (Å²) in [5, 5.41) is 0. The van der Waals surface area contributed by atoms with Crippen LogP contribution in [0.1, 0.15) is 124 Å². The fraction of sp³-hybridized carbons (Fsp3) is 0.750. The van der Waals surface area contributed by atoms with E-state index in [1.807, 2.05) is 26.8 Å². The van der Waals surface area contributed by atoms with Gasteiger partial charge in [0.05, 0.1) is 13.2 Å². The molecule has 2 aliphatic heterocycles. The molecule has 1 aliphatic carbocycles. The van der Waals surface area contributed by atoms with Gasteiger partial charge in [0.1, 0.15) is 28.3 Å². The molecule has 0 amide bonds. The van der Waals surface area contributed by atoms with Gasteiger partial charge in [0, 0.05) is 30.2 Å². The smallest absolute Gasteiger partial charge is 0.321 e. The molecule has 0 N–H and O–H groups in total. The van der Waals surface area contributed by atoms with E-state index >= 15 is 0 Å². The van der Waals surface area contributed by atoms with Gasteiger partial charge in [-0.3, -0.25) is 9.59 Å². The molecular formula is C32H48O6. The molecular weight excluding hydrogens is 480 g/mol. The van der Waals surface area contributed by atoms with Crippen molar-refractivity contribution in [1.82, 2.24) is 0 Å². The molecule has 2 heterocycles. The number of carbonyl (C=O) groups excluding carboxylic acids is 2. The van der Waals surface area contributed by atoms with Gasteiger partial charge in [0.2, 0.25) is 0 Å². The second-order valence-electron chi connectivity index (χ2n) is 13.7. The number of rotatable bonds is 8. The maximum Gasteiger partial charge on any atom is 0.321 e. The Kier molecular flexibility index (Phi) is 8.09. The molecule has 1 saturated carbocycles. The SMILES string of the molecule is CCCCCCC(C)(C)c1cc(OC(=O)C2(C)COC(C)(C)OC2)c2c(c1)OC(C)(C)C1CCC(=O)CC21. The van der Waals surface area contributed by atoms with Crippen LogP contribution in [0.3, 0.4) is 0 Å². The van der Waals surface area contributed by atoms with Gasteiger partial charge < -0.3 is 18.9 Å². The molecule has 212 valence electrons. The number of Topliss-reactive ketones (excluding diaryl/α,β-unsaturated/α-hetero) is 1. The minimum absolute atomic E-state index is 0.0369. The van der Waals surface area contributed by atoms with Gasteiger partial charge in [-0.1, -0.05) is 46.5 Å². The van der Waals surface area contributed by atoms with Crippen molar-refractivity contribution < 1.29 is 28.5 Å². The fourth-order valence-corrected chi connectivity index (χ4v) is 6.26. The van der Waals surface area contributed by atoms with Crippen LogP contribution >= 0.6 is 0 Å². The van der Waals surface area contributed by atoms with Gasteiger partial charge in [-0.05, 0) is 70.6 Å². The largest absolute Gasteiger partial charge is 0.487 e. The Morgan fingerprint density at radius 3 is 2.39 bits per heavy atom. The lowest BCUT2D eigenvalue weighted by atomic mass is 9.66. The fourth-order valence-electron chi connectivity index (χ4n) is 6.26. The van der Waals surface area contributed by atoms with Crippen LogP contribution in [0, 0.1) is 11.3 Å². The second kappa shape index (κ2) is 10.6. The van der Waals surface area contributed by atoms with E-state index in [1.165, 1.54) is 19.3 Å². The summed E-state index contributed by atoms with van der Waals surface area (Å²) in [6.45, 7) is 16.9. The number of unbranched alkanes of at least 4 members (excludes halogenated alkanes) is 3. The summed E-state index contributed by atoms with van der Waals surface area (Å²) in [5.74, 6) is 0.564. The molecule has 2 unspecified atom stereocenters. The Morgan fingerprint density at radius 2 is 1.74 bits per heavy atom. The Morgan fingerprint density at radius 1 is 1.05 bits per heavy atom. The lowest BCUT2D eigenvalue weighted by Gasteiger charge is -2.48.